The second kappa shape index (κ2) is 8.02. The number of benzene rings is 1. The molecule has 7 nitrogen and oxygen atoms in total. The first-order valence-corrected chi connectivity index (χ1v) is 7.81. The molecule has 7 heteroatoms. The lowest BCUT2D eigenvalue weighted by atomic mass is 10.00. The largest absolute Gasteiger partial charge is 0.496 e. The summed E-state index contributed by atoms with van der Waals surface area (Å²) in [5.41, 5.74) is 0.658. The number of hydrogen-bond acceptors (Lipinski definition) is 7. The maximum atomic E-state index is 11.4. The van der Waals surface area contributed by atoms with Crippen molar-refractivity contribution in [1.29, 1.82) is 0 Å². The zero-order chi connectivity index (χ0) is 18.6. The van der Waals surface area contributed by atoms with Gasteiger partial charge in [-0.2, -0.15) is 0 Å². The zero-order valence-corrected chi connectivity index (χ0v) is 14.9. The molecular weight excluding hydrogens is 328 g/mol. The van der Waals surface area contributed by atoms with Crippen LogP contribution in [0.1, 0.15) is 32.4 Å². The molecule has 0 aliphatic carbocycles. The highest BCUT2D eigenvalue weighted by Crippen LogP contribution is 2.41. The fourth-order valence-corrected chi connectivity index (χ4v) is 2.72. The van der Waals surface area contributed by atoms with Crippen LogP contribution in [0, 0.1) is 0 Å². The van der Waals surface area contributed by atoms with Crippen LogP contribution in [0.25, 0.3) is 0 Å². The van der Waals surface area contributed by atoms with Crippen molar-refractivity contribution in [3.63, 3.8) is 0 Å². The van der Waals surface area contributed by atoms with Crippen LogP contribution in [0.3, 0.4) is 0 Å². The SMILES string of the molecule is COc1cccc(OC)c1[C@H]1C=C(OC(C)=O)[C@@H](OC(C)=O)[C@H](C)O1. The van der Waals surface area contributed by atoms with Crippen molar-refractivity contribution < 1.29 is 33.3 Å². The Hall–Kier alpha value is -2.54. The fraction of sp³-hybridized carbons (Fsp3) is 0.444. The average molecular weight is 350 g/mol. The molecule has 0 N–H and O–H groups in total. The van der Waals surface area contributed by atoms with Crippen LogP contribution in [-0.4, -0.2) is 38.4 Å². The van der Waals surface area contributed by atoms with E-state index in [4.69, 9.17) is 23.7 Å². The Morgan fingerprint density at radius 3 is 2.12 bits per heavy atom. The van der Waals surface area contributed by atoms with Crippen molar-refractivity contribution in [3.05, 3.63) is 35.6 Å². The molecule has 0 fully saturated rings. The molecule has 0 unspecified atom stereocenters. The molecule has 0 amide bonds. The van der Waals surface area contributed by atoms with E-state index in [1.165, 1.54) is 13.8 Å². The van der Waals surface area contributed by atoms with Crippen LogP contribution in [0.5, 0.6) is 11.5 Å². The minimum atomic E-state index is -0.807. The Morgan fingerprint density at radius 2 is 1.64 bits per heavy atom. The van der Waals surface area contributed by atoms with Crippen molar-refractivity contribution in [2.45, 2.75) is 39.1 Å². The topological polar surface area (TPSA) is 80.3 Å². The van der Waals surface area contributed by atoms with E-state index in [1.807, 2.05) is 0 Å². The van der Waals surface area contributed by atoms with E-state index in [1.54, 1.807) is 45.4 Å². The van der Waals surface area contributed by atoms with Gasteiger partial charge in [0.05, 0.1) is 19.8 Å². The van der Waals surface area contributed by atoms with E-state index in [9.17, 15) is 9.59 Å². The minimum absolute atomic E-state index is 0.222. The number of carbonyl (C=O) groups excluding carboxylic acids is 2. The summed E-state index contributed by atoms with van der Waals surface area (Å²) in [6.07, 6.45) is -0.349. The standard InChI is InChI=1S/C18H22O7/c1-10-18(25-12(3)20)16(24-11(2)19)9-15(23-10)17-13(21-4)7-6-8-14(17)22-5/h6-10,15,18H,1-5H3/t10-,15+,18-/m0/s1. The zero-order valence-electron chi connectivity index (χ0n) is 14.9. The number of esters is 2. The van der Waals surface area contributed by atoms with Crippen LogP contribution in [-0.2, 0) is 23.8 Å². The van der Waals surface area contributed by atoms with E-state index in [2.05, 4.69) is 0 Å². The highest BCUT2D eigenvalue weighted by atomic mass is 16.6. The van der Waals surface area contributed by atoms with Gasteiger partial charge in [-0.05, 0) is 25.1 Å². The Kier molecular flexibility index (Phi) is 6.03. The number of hydrogen-bond donors (Lipinski definition) is 0. The number of rotatable bonds is 5. The van der Waals surface area contributed by atoms with Gasteiger partial charge in [0.2, 0.25) is 0 Å². The van der Waals surface area contributed by atoms with Gasteiger partial charge in [-0.25, -0.2) is 0 Å². The van der Waals surface area contributed by atoms with Crippen LogP contribution < -0.4 is 9.47 Å². The molecule has 0 bridgehead atoms. The molecule has 136 valence electrons. The van der Waals surface area contributed by atoms with E-state index in [-0.39, 0.29) is 5.76 Å². The van der Waals surface area contributed by atoms with Crippen molar-refractivity contribution in [2.75, 3.05) is 14.2 Å². The first-order valence-electron chi connectivity index (χ1n) is 7.81. The number of ether oxygens (including phenoxy) is 5. The van der Waals surface area contributed by atoms with E-state index in [0.717, 1.165) is 0 Å². The summed E-state index contributed by atoms with van der Waals surface area (Å²) in [5.74, 6) is 0.358. The molecule has 1 aromatic rings. The molecule has 1 aromatic carbocycles. The first-order chi connectivity index (χ1) is 11.9. The molecule has 0 spiro atoms. The van der Waals surface area contributed by atoms with E-state index in [0.29, 0.717) is 17.1 Å². The predicted molar refractivity (Wildman–Crippen MR) is 88.2 cm³/mol. The van der Waals surface area contributed by atoms with Gasteiger partial charge in [-0.15, -0.1) is 0 Å². The third-order valence-electron chi connectivity index (χ3n) is 3.69. The molecule has 1 aliphatic heterocycles. The van der Waals surface area contributed by atoms with E-state index >= 15 is 0 Å². The van der Waals surface area contributed by atoms with Crippen LogP contribution in [0.2, 0.25) is 0 Å². The third-order valence-corrected chi connectivity index (χ3v) is 3.69. The summed E-state index contributed by atoms with van der Waals surface area (Å²) >= 11 is 0. The summed E-state index contributed by atoms with van der Waals surface area (Å²) in [6.45, 7) is 4.30. The molecule has 0 radical (unpaired) electrons. The van der Waals surface area contributed by atoms with Gasteiger partial charge in [-0.3, -0.25) is 9.59 Å². The number of methoxy groups -OCH3 is 2. The second-order valence-corrected chi connectivity index (χ2v) is 5.53. The Morgan fingerprint density at radius 1 is 1.04 bits per heavy atom. The molecule has 0 aromatic heterocycles. The van der Waals surface area contributed by atoms with Crippen molar-refractivity contribution in [3.8, 4) is 11.5 Å². The average Bonchev–Trinajstić information content (AvgIpc) is 2.56. The third kappa shape index (κ3) is 4.30. The molecular formula is C18H22O7. The van der Waals surface area contributed by atoms with Crippen molar-refractivity contribution >= 4 is 11.9 Å². The lowest BCUT2D eigenvalue weighted by Crippen LogP contribution is -2.38. The van der Waals surface area contributed by atoms with Gasteiger partial charge in [0.15, 0.2) is 6.10 Å². The molecule has 0 saturated heterocycles. The van der Waals surface area contributed by atoms with Crippen LogP contribution in [0.4, 0.5) is 0 Å². The lowest BCUT2D eigenvalue weighted by Gasteiger charge is -2.33. The Bertz CT molecular complexity index is 658. The summed E-state index contributed by atoms with van der Waals surface area (Å²) in [5, 5.41) is 0. The van der Waals surface area contributed by atoms with Crippen LogP contribution >= 0.6 is 0 Å². The molecule has 25 heavy (non-hydrogen) atoms. The summed E-state index contributed by atoms with van der Waals surface area (Å²) in [4.78, 5) is 22.8. The second-order valence-electron chi connectivity index (χ2n) is 5.53. The molecule has 0 saturated carbocycles. The van der Waals surface area contributed by atoms with Gasteiger partial charge in [-0.1, -0.05) is 6.07 Å². The van der Waals surface area contributed by atoms with Gasteiger partial charge in [0, 0.05) is 13.8 Å². The highest BCUT2D eigenvalue weighted by molar-refractivity contribution is 5.69. The van der Waals surface area contributed by atoms with Crippen LogP contribution in [0.15, 0.2) is 30.0 Å². The fourth-order valence-electron chi connectivity index (χ4n) is 2.72. The minimum Gasteiger partial charge on any atom is -0.496 e. The predicted octanol–water partition coefficient (Wildman–Crippen LogP) is 2.54. The summed E-state index contributed by atoms with van der Waals surface area (Å²) in [6, 6.07) is 5.36. The van der Waals surface area contributed by atoms with E-state index < -0.39 is 30.3 Å². The molecule has 2 rings (SSSR count). The van der Waals surface area contributed by atoms with Gasteiger partial charge >= 0.3 is 11.9 Å². The number of carbonyl (C=O) groups is 2. The monoisotopic (exact) mass is 350 g/mol. The van der Waals surface area contributed by atoms with Gasteiger partial charge in [0.25, 0.3) is 0 Å². The first kappa shape index (κ1) is 18.8. The van der Waals surface area contributed by atoms with Crippen molar-refractivity contribution in [2.24, 2.45) is 0 Å². The Labute approximate surface area is 146 Å². The molecule has 3 atom stereocenters. The molecule has 1 heterocycles. The van der Waals surface area contributed by atoms with Crippen molar-refractivity contribution in [1.82, 2.24) is 0 Å². The molecule has 1 aliphatic rings. The quantitative estimate of drug-likeness (QED) is 0.755. The van der Waals surface area contributed by atoms with Gasteiger partial charge in [0.1, 0.15) is 29.5 Å². The summed E-state index contributed by atoms with van der Waals surface area (Å²) in [7, 11) is 3.09. The maximum absolute atomic E-state index is 11.4. The maximum Gasteiger partial charge on any atom is 0.307 e. The summed E-state index contributed by atoms with van der Waals surface area (Å²) < 4.78 is 27.3. The smallest absolute Gasteiger partial charge is 0.307 e. The highest BCUT2D eigenvalue weighted by Gasteiger charge is 2.37. The lowest BCUT2D eigenvalue weighted by molar-refractivity contribution is -0.163. The normalized spacial score (nSPS) is 22.6. The Balaban J connectivity index is 2.49. The van der Waals surface area contributed by atoms with Gasteiger partial charge < -0.3 is 23.7 Å².